The standard InChI is InChI=1S/C30H50O3/c1-25(2)20-9-11-22-29(7,21(20)10-12-23(25)31)17-16-28(6)19-27(5,15-18-30(22,28)8)14-13-24(32)26(3,4)33/h9,21-23,31,33H,10-19H2,1-8H3. The van der Waals surface area contributed by atoms with Crippen LogP contribution in [-0.2, 0) is 4.79 Å². The first-order valence-corrected chi connectivity index (χ1v) is 13.6. The summed E-state index contributed by atoms with van der Waals surface area (Å²) in [5.74, 6) is 1.27. The number of fused-ring (bicyclic) bond motifs is 5. The molecular weight excluding hydrogens is 408 g/mol. The SMILES string of the molecule is CC1(CCC(=O)C(C)(C)O)CCC2(C)C3CC=C4C(CCC(O)C4(C)C)C3(C)CCC2(C)C1. The monoisotopic (exact) mass is 458 g/mol. The molecule has 2 N–H and O–H groups in total. The van der Waals surface area contributed by atoms with Crippen molar-refractivity contribution in [3.8, 4) is 0 Å². The number of carbonyl (C=O) groups excluding carboxylic acids is 1. The molecule has 3 fully saturated rings. The number of allylic oxidation sites excluding steroid dienone is 1. The smallest absolute Gasteiger partial charge is 0.163 e. The first-order valence-electron chi connectivity index (χ1n) is 13.6. The second-order valence-electron chi connectivity index (χ2n) is 14.8. The van der Waals surface area contributed by atoms with Crippen LogP contribution in [0, 0.1) is 38.9 Å². The molecule has 4 aliphatic carbocycles. The molecule has 3 saturated carbocycles. The second-order valence-corrected chi connectivity index (χ2v) is 14.8. The highest BCUT2D eigenvalue weighted by atomic mass is 16.3. The van der Waals surface area contributed by atoms with Gasteiger partial charge in [0.15, 0.2) is 5.78 Å². The van der Waals surface area contributed by atoms with Gasteiger partial charge in [-0.25, -0.2) is 0 Å². The van der Waals surface area contributed by atoms with Crippen LogP contribution in [-0.4, -0.2) is 27.7 Å². The van der Waals surface area contributed by atoms with Crippen LogP contribution >= 0.6 is 0 Å². The topological polar surface area (TPSA) is 57.5 Å². The summed E-state index contributed by atoms with van der Waals surface area (Å²) >= 11 is 0. The summed E-state index contributed by atoms with van der Waals surface area (Å²) in [4.78, 5) is 12.4. The fourth-order valence-corrected chi connectivity index (χ4v) is 9.21. The van der Waals surface area contributed by atoms with E-state index >= 15 is 0 Å². The van der Waals surface area contributed by atoms with Gasteiger partial charge >= 0.3 is 0 Å². The molecule has 0 aromatic carbocycles. The lowest BCUT2D eigenvalue weighted by Crippen LogP contribution is -2.61. The molecule has 4 rings (SSSR count). The van der Waals surface area contributed by atoms with Crippen molar-refractivity contribution in [1.29, 1.82) is 0 Å². The summed E-state index contributed by atoms with van der Waals surface area (Å²) in [6, 6.07) is 0. The number of aliphatic hydroxyl groups is 2. The Bertz CT molecular complexity index is 834. The van der Waals surface area contributed by atoms with E-state index in [1.165, 1.54) is 37.7 Å². The third kappa shape index (κ3) is 3.79. The summed E-state index contributed by atoms with van der Waals surface area (Å²) in [6.45, 7) is 17.9. The molecule has 0 radical (unpaired) electrons. The summed E-state index contributed by atoms with van der Waals surface area (Å²) in [5.41, 5.74) is 1.31. The summed E-state index contributed by atoms with van der Waals surface area (Å²) in [7, 11) is 0. The molecule has 0 aliphatic heterocycles. The summed E-state index contributed by atoms with van der Waals surface area (Å²) in [6.07, 6.45) is 13.1. The van der Waals surface area contributed by atoms with Gasteiger partial charge in [-0.3, -0.25) is 4.79 Å². The Labute approximate surface area is 202 Å². The minimum Gasteiger partial charge on any atom is -0.392 e. The van der Waals surface area contributed by atoms with E-state index in [9.17, 15) is 15.0 Å². The molecule has 188 valence electrons. The molecular formula is C30H50O3. The van der Waals surface area contributed by atoms with Gasteiger partial charge in [0, 0.05) is 11.8 Å². The van der Waals surface area contributed by atoms with E-state index in [1.54, 1.807) is 13.8 Å². The molecule has 7 atom stereocenters. The van der Waals surface area contributed by atoms with Gasteiger partial charge in [-0.1, -0.05) is 53.2 Å². The van der Waals surface area contributed by atoms with Crippen LogP contribution in [0.4, 0.5) is 0 Å². The lowest BCUT2D eigenvalue weighted by atomic mass is 9.35. The second kappa shape index (κ2) is 7.66. The van der Waals surface area contributed by atoms with Crippen LogP contribution < -0.4 is 0 Å². The Hall–Kier alpha value is -0.670. The highest BCUT2D eigenvalue weighted by molar-refractivity contribution is 5.86. The number of hydrogen-bond acceptors (Lipinski definition) is 3. The number of rotatable bonds is 4. The molecule has 33 heavy (non-hydrogen) atoms. The Morgan fingerprint density at radius 1 is 1.03 bits per heavy atom. The maximum absolute atomic E-state index is 12.4. The molecule has 4 aliphatic rings. The third-order valence-electron chi connectivity index (χ3n) is 11.9. The molecule has 0 spiro atoms. The van der Waals surface area contributed by atoms with E-state index in [-0.39, 0.29) is 28.1 Å². The van der Waals surface area contributed by atoms with Gasteiger partial charge in [-0.05, 0) is 105 Å². The van der Waals surface area contributed by atoms with Crippen molar-refractivity contribution in [2.24, 2.45) is 38.9 Å². The lowest BCUT2D eigenvalue weighted by molar-refractivity contribution is -0.184. The Morgan fingerprint density at radius 2 is 1.70 bits per heavy atom. The van der Waals surface area contributed by atoms with Gasteiger partial charge in [0.25, 0.3) is 0 Å². The van der Waals surface area contributed by atoms with E-state index in [0.29, 0.717) is 29.1 Å². The summed E-state index contributed by atoms with van der Waals surface area (Å²) in [5, 5.41) is 20.9. The average Bonchev–Trinajstić information content (AvgIpc) is 2.70. The van der Waals surface area contributed by atoms with Gasteiger partial charge in [0.05, 0.1) is 6.10 Å². The maximum Gasteiger partial charge on any atom is 0.163 e. The normalized spacial score (nSPS) is 47.1. The van der Waals surface area contributed by atoms with Crippen LogP contribution in [0.3, 0.4) is 0 Å². The van der Waals surface area contributed by atoms with E-state index < -0.39 is 5.60 Å². The number of aliphatic hydroxyl groups excluding tert-OH is 1. The largest absolute Gasteiger partial charge is 0.392 e. The van der Waals surface area contributed by atoms with Gasteiger partial charge in [-0.15, -0.1) is 0 Å². The van der Waals surface area contributed by atoms with Gasteiger partial charge in [0.1, 0.15) is 5.60 Å². The minimum atomic E-state index is -1.22. The highest BCUT2D eigenvalue weighted by Crippen LogP contribution is 2.73. The highest BCUT2D eigenvalue weighted by Gasteiger charge is 2.65. The molecule has 0 aromatic rings. The quantitative estimate of drug-likeness (QED) is 0.453. The molecule has 0 saturated heterocycles. The Balaban J connectivity index is 1.59. The Morgan fingerprint density at radius 3 is 2.33 bits per heavy atom. The lowest BCUT2D eigenvalue weighted by Gasteiger charge is -2.69. The van der Waals surface area contributed by atoms with Gasteiger partial charge < -0.3 is 10.2 Å². The van der Waals surface area contributed by atoms with Crippen molar-refractivity contribution in [3.05, 3.63) is 11.6 Å². The van der Waals surface area contributed by atoms with Crippen molar-refractivity contribution in [1.82, 2.24) is 0 Å². The average molecular weight is 459 g/mol. The van der Waals surface area contributed by atoms with Crippen molar-refractivity contribution in [2.75, 3.05) is 0 Å². The van der Waals surface area contributed by atoms with E-state index in [4.69, 9.17) is 0 Å². The molecule has 0 aromatic heterocycles. The number of hydrogen-bond donors (Lipinski definition) is 2. The molecule has 3 heteroatoms. The fraction of sp³-hybridized carbons (Fsp3) is 0.900. The fourth-order valence-electron chi connectivity index (χ4n) is 9.21. The van der Waals surface area contributed by atoms with Gasteiger partial charge in [0.2, 0.25) is 0 Å². The van der Waals surface area contributed by atoms with E-state index in [1.807, 2.05) is 0 Å². The minimum absolute atomic E-state index is 0.0227. The predicted octanol–water partition coefficient (Wildman–Crippen LogP) is 6.85. The zero-order chi connectivity index (χ0) is 24.7. The number of Topliss-reactive ketones (excluding diaryl/α,β-unsaturated/α-hetero) is 1. The van der Waals surface area contributed by atoms with Crippen LogP contribution in [0.1, 0.15) is 120 Å². The predicted molar refractivity (Wildman–Crippen MR) is 135 cm³/mol. The van der Waals surface area contributed by atoms with Gasteiger partial charge in [-0.2, -0.15) is 0 Å². The van der Waals surface area contributed by atoms with Crippen LogP contribution in [0.2, 0.25) is 0 Å². The van der Waals surface area contributed by atoms with E-state index in [2.05, 4.69) is 47.6 Å². The Kier molecular flexibility index (Phi) is 5.90. The van der Waals surface area contributed by atoms with Crippen LogP contribution in [0.15, 0.2) is 11.6 Å². The van der Waals surface area contributed by atoms with Crippen molar-refractivity contribution in [2.45, 2.75) is 131 Å². The zero-order valence-electron chi connectivity index (χ0n) is 22.7. The first-order chi connectivity index (χ1) is 15.0. The van der Waals surface area contributed by atoms with Crippen LogP contribution in [0.25, 0.3) is 0 Å². The summed E-state index contributed by atoms with van der Waals surface area (Å²) < 4.78 is 0. The molecule has 0 amide bonds. The van der Waals surface area contributed by atoms with Crippen molar-refractivity contribution in [3.63, 3.8) is 0 Å². The molecule has 7 unspecified atom stereocenters. The van der Waals surface area contributed by atoms with Crippen molar-refractivity contribution < 1.29 is 15.0 Å². The molecule has 3 nitrogen and oxygen atoms in total. The van der Waals surface area contributed by atoms with E-state index in [0.717, 1.165) is 25.7 Å². The number of carbonyl (C=O) groups is 1. The first kappa shape index (κ1) is 25.4. The molecule has 0 heterocycles. The zero-order valence-corrected chi connectivity index (χ0v) is 22.7. The number of ketones is 1. The third-order valence-corrected chi connectivity index (χ3v) is 11.9. The van der Waals surface area contributed by atoms with Crippen molar-refractivity contribution >= 4 is 5.78 Å². The maximum atomic E-state index is 12.4. The van der Waals surface area contributed by atoms with Crippen LogP contribution in [0.5, 0.6) is 0 Å². The molecule has 0 bridgehead atoms.